The van der Waals surface area contributed by atoms with Crippen molar-refractivity contribution in [2.45, 2.75) is 19.9 Å². The molecule has 1 unspecified atom stereocenters. The quantitative estimate of drug-likeness (QED) is 0.904. The van der Waals surface area contributed by atoms with Gasteiger partial charge in [-0.3, -0.25) is 4.98 Å². The molecule has 19 heavy (non-hydrogen) atoms. The van der Waals surface area contributed by atoms with E-state index in [2.05, 4.69) is 23.3 Å². The van der Waals surface area contributed by atoms with E-state index < -0.39 is 0 Å². The number of nitrogens with zero attached hydrogens (tertiary/aromatic N) is 1. The molecular formula is C15H16Cl2N2. The van der Waals surface area contributed by atoms with Gasteiger partial charge in [0.1, 0.15) is 0 Å². The Hall–Kier alpha value is -1.09. The highest BCUT2D eigenvalue weighted by Crippen LogP contribution is 2.32. The van der Waals surface area contributed by atoms with Crippen molar-refractivity contribution in [3.63, 3.8) is 0 Å². The Labute approximate surface area is 123 Å². The molecule has 0 fully saturated rings. The van der Waals surface area contributed by atoms with E-state index in [1.165, 1.54) is 0 Å². The zero-order valence-corrected chi connectivity index (χ0v) is 12.5. The molecule has 1 aromatic carbocycles. The second kappa shape index (κ2) is 6.38. The Kier molecular flexibility index (Phi) is 4.81. The number of benzene rings is 1. The maximum absolute atomic E-state index is 6.31. The highest BCUT2D eigenvalue weighted by Gasteiger charge is 2.17. The van der Waals surface area contributed by atoms with Crippen LogP contribution in [0.4, 0.5) is 0 Å². The highest BCUT2D eigenvalue weighted by molar-refractivity contribution is 6.42. The van der Waals surface area contributed by atoms with Crippen molar-refractivity contribution in [1.29, 1.82) is 0 Å². The van der Waals surface area contributed by atoms with Crippen LogP contribution in [0.15, 0.2) is 36.5 Å². The van der Waals surface area contributed by atoms with Gasteiger partial charge in [0, 0.05) is 11.9 Å². The second-order valence-electron chi connectivity index (χ2n) is 4.37. The Morgan fingerprint density at radius 1 is 1.21 bits per heavy atom. The lowest BCUT2D eigenvalue weighted by Crippen LogP contribution is -2.22. The fourth-order valence-electron chi connectivity index (χ4n) is 2.00. The molecule has 0 saturated carbocycles. The third kappa shape index (κ3) is 3.27. The van der Waals surface area contributed by atoms with Crippen molar-refractivity contribution in [2.75, 3.05) is 6.54 Å². The minimum atomic E-state index is 0.00398. The number of aryl methyl sites for hydroxylation is 1. The summed E-state index contributed by atoms with van der Waals surface area (Å²) in [7, 11) is 0. The lowest BCUT2D eigenvalue weighted by Gasteiger charge is -2.20. The molecule has 4 heteroatoms. The second-order valence-corrected chi connectivity index (χ2v) is 5.15. The van der Waals surface area contributed by atoms with E-state index in [9.17, 15) is 0 Å². The van der Waals surface area contributed by atoms with Crippen LogP contribution in [0.2, 0.25) is 10.0 Å². The molecule has 0 radical (unpaired) electrons. The summed E-state index contributed by atoms with van der Waals surface area (Å²) in [5.41, 5.74) is 3.05. The normalized spacial score (nSPS) is 12.4. The fourth-order valence-corrected chi connectivity index (χ4v) is 2.42. The molecule has 2 rings (SSSR count). The zero-order chi connectivity index (χ0) is 13.8. The number of pyridine rings is 1. The van der Waals surface area contributed by atoms with Gasteiger partial charge in [0.2, 0.25) is 0 Å². The molecule has 1 atom stereocenters. The first-order chi connectivity index (χ1) is 9.13. The van der Waals surface area contributed by atoms with Crippen molar-refractivity contribution in [3.05, 3.63) is 63.4 Å². The monoisotopic (exact) mass is 294 g/mol. The number of halogens is 2. The maximum atomic E-state index is 6.31. The van der Waals surface area contributed by atoms with E-state index in [1.807, 2.05) is 31.3 Å². The highest BCUT2D eigenvalue weighted by atomic mass is 35.5. The Bertz CT molecular complexity index is 553. The summed E-state index contributed by atoms with van der Waals surface area (Å²) in [6.45, 7) is 4.87. The van der Waals surface area contributed by atoms with E-state index in [4.69, 9.17) is 23.2 Å². The molecule has 0 bridgehead atoms. The lowest BCUT2D eigenvalue weighted by atomic mass is 10.00. The van der Waals surface area contributed by atoms with Gasteiger partial charge in [0.25, 0.3) is 0 Å². The first-order valence-corrected chi connectivity index (χ1v) is 6.99. The molecule has 0 saturated heterocycles. The first-order valence-electron chi connectivity index (χ1n) is 6.23. The van der Waals surface area contributed by atoms with Gasteiger partial charge in [-0.25, -0.2) is 0 Å². The third-order valence-corrected chi connectivity index (χ3v) is 3.80. The summed E-state index contributed by atoms with van der Waals surface area (Å²) < 4.78 is 0. The topological polar surface area (TPSA) is 24.9 Å². The Morgan fingerprint density at radius 3 is 2.63 bits per heavy atom. The van der Waals surface area contributed by atoms with Crippen LogP contribution in [0.1, 0.15) is 29.8 Å². The molecule has 2 nitrogen and oxygen atoms in total. The van der Waals surface area contributed by atoms with E-state index >= 15 is 0 Å². The molecule has 2 aromatic rings. The largest absolute Gasteiger partial charge is 0.306 e. The van der Waals surface area contributed by atoms with E-state index in [-0.39, 0.29) is 6.04 Å². The van der Waals surface area contributed by atoms with Gasteiger partial charge in [-0.15, -0.1) is 0 Å². The summed E-state index contributed by atoms with van der Waals surface area (Å²) in [4.78, 5) is 4.34. The number of hydrogen-bond donors (Lipinski definition) is 1. The number of aromatic nitrogens is 1. The molecular weight excluding hydrogens is 279 g/mol. The minimum absolute atomic E-state index is 0.00398. The van der Waals surface area contributed by atoms with Crippen LogP contribution in [-0.2, 0) is 0 Å². The Balaban J connectivity index is 2.45. The summed E-state index contributed by atoms with van der Waals surface area (Å²) in [5, 5.41) is 4.58. The predicted octanol–water partition coefficient (Wildman–Crippen LogP) is 4.40. The molecule has 1 heterocycles. The van der Waals surface area contributed by atoms with Gasteiger partial charge in [0.15, 0.2) is 0 Å². The van der Waals surface area contributed by atoms with Crippen molar-refractivity contribution in [3.8, 4) is 0 Å². The molecule has 0 amide bonds. The number of nitrogens with one attached hydrogen (secondary N) is 1. The molecule has 0 aliphatic heterocycles. The van der Waals surface area contributed by atoms with Crippen LogP contribution >= 0.6 is 23.2 Å². The molecule has 0 spiro atoms. The fraction of sp³-hybridized carbons (Fsp3) is 0.267. The van der Waals surface area contributed by atoms with Crippen LogP contribution in [0.3, 0.4) is 0 Å². The minimum Gasteiger partial charge on any atom is -0.306 e. The molecule has 0 aliphatic rings. The SMILES string of the molecule is CCNC(c1ccc(C)nc1)c1cccc(Cl)c1Cl. The standard InChI is InChI=1S/C15H16Cl2N2/c1-3-18-15(11-8-7-10(2)19-9-11)12-5-4-6-13(16)14(12)17/h4-9,15,18H,3H2,1-2H3. The molecule has 100 valence electrons. The van der Waals surface area contributed by atoms with E-state index in [0.29, 0.717) is 10.0 Å². The molecule has 0 aliphatic carbocycles. The molecule has 1 N–H and O–H groups in total. The van der Waals surface area contributed by atoms with Gasteiger partial charge >= 0.3 is 0 Å². The van der Waals surface area contributed by atoms with Gasteiger partial charge in [-0.2, -0.15) is 0 Å². The number of hydrogen-bond acceptors (Lipinski definition) is 2. The van der Waals surface area contributed by atoms with Gasteiger partial charge in [0.05, 0.1) is 16.1 Å². The zero-order valence-electron chi connectivity index (χ0n) is 11.0. The van der Waals surface area contributed by atoms with Crippen molar-refractivity contribution in [1.82, 2.24) is 10.3 Å². The predicted molar refractivity (Wildman–Crippen MR) is 81.0 cm³/mol. The summed E-state index contributed by atoms with van der Waals surface area (Å²) in [5.74, 6) is 0. The van der Waals surface area contributed by atoms with Crippen LogP contribution in [0.25, 0.3) is 0 Å². The van der Waals surface area contributed by atoms with Crippen LogP contribution in [0, 0.1) is 6.92 Å². The van der Waals surface area contributed by atoms with Gasteiger partial charge < -0.3 is 5.32 Å². The van der Waals surface area contributed by atoms with Crippen LogP contribution in [-0.4, -0.2) is 11.5 Å². The van der Waals surface area contributed by atoms with Crippen LogP contribution < -0.4 is 5.32 Å². The summed E-state index contributed by atoms with van der Waals surface area (Å²) >= 11 is 12.4. The van der Waals surface area contributed by atoms with E-state index in [1.54, 1.807) is 6.07 Å². The van der Waals surface area contributed by atoms with Gasteiger partial charge in [-0.1, -0.05) is 48.3 Å². The average molecular weight is 295 g/mol. The number of rotatable bonds is 4. The third-order valence-electron chi connectivity index (χ3n) is 2.97. The Morgan fingerprint density at radius 2 is 2.00 bits per heavy atom. The summed E-state index contributed by atoms with van der Waals surface area (Å²) in [6, 6.07) is 9.76. The summed E-state index contributed by atoms with van der Waals surface area (Å²) in [6.07, 6.45) is 1.87. The smallest absolute Gasteiger partial charge is 0.0643 e. The van der Waals surface area contributed by atoms with Crippen LogP contribution in [0.5, 0.6) is 0 Å². The average Bonchev–Trinajstić information content (AvgIpc) is 2.41. The van der Waals surface area contributed by atoms with E-state index in [0.717, 1.165) is 23.4 Å². The molecule has 1 aromatic heterocycles. The van der Waals surface area contributed by atoms with Gasteiger partial charge in [-0.05, 0) is 36.7 Å². The van der Waals surface area contributed by atoms with Crippen molar-refractivity contribution < 1.29 is 0 Å². The first kappa shape index (κ1) is 14.3. The van der Waals surface area contributed by atoms with Crippen molar-refractivity contribution in [2.24, 2.45) is 0 Å². The maximum Gasteiger partial charge on any atom is 0.0643 e. The lowest BCUT2D eigenvalue weighted by molar-refractivity contribution is 0.628. The van der Waals surface area contributed by atoms with Crippen molar-refractivity contribution >= 4 is 23.2 Å².